The summed E-state index contributed by atoms with van der Waals surface area (Å²) in [6.07, 6.45) is 3.09. The van der Waals surface area contributed by atoms with Gasteiger partial charge in [0.25, 0.3) is 0 Å². The molecule has 2 atom stereocenters. The summed E-state index contributed by atoms with van der Waals surface area (Å²) in [5.74, 6) is 0.795. The lowest BCUT2D eigenvalue weighted by molar-refractivity contribution is -0.156. The Bertz CT molecular complexity index is 142. The predicted octanol–water partition coefficient (Wildman–Crippen LogP) is 1.99. The van der Waals surface area contributed by atoms with Crippen LogP contribution in [0.1, 0.15) is 33.1 Å². The van der Waals surface area contributed by atoms with E-state index >= 15 is 0 Å². The smallest absolute Gasteiger partial charge is 0.308 e. The van der Waals surface area contributed by atoms with Crippen LogP contribution in [-0.4, -0.2) is 12.6 Å². The van der Waals surface area contributed by atoms with Crippen molar-refractivity contribution in [3.63, 3.8) is 0 Å². The minimum Gasteiger partial charge on any atom is -0.465 e. The van der Waals surface area contributed by atoms with E-state index in [0.29, 0.717) is 12.5 Å². The molecule has 1 aliphatic heterocycles. The van der Waals surface area contributed by atoms with E-state index in [2.05, 4.69) is 6.92 Å². The molecule has 0 aromatic heterocycles. The molecule has 2 heteroatoms. The van der Waals surface area contributed by atoms with Crippen molar-refractivity contribution in [2.45, 2.75) is 33.1 Å². The van der Waals surface area contributed by atoms with Crippen LogP contribution < -0.4 is 0 Å². The van der Waals surface area contributed by atoms with E-state index in [9.17, 15) is 4.79 Å². The van der Waals surface area contributed by atoms with Gasteiger partial charge in [0, 0.05) is 0 Å². The number of cyclic esters (lactones) is 1. The summed E-state index contributed by atoms with van der Waals surface area (Å²) in [5, 5.41) is 0. The Labute approximate surface area is 67.9 Å². The molecule has 0 radical (unpaired) electrons. The molecule has 1 saturated heterocycles. The van der Waals surface area contributed by atoms with Crippen molar-refractivity contribution in [2.24, 2.45) is 11.8 Å². The summed E-state index contributed by atoms with van der Waals surface area (Å²) in [6, 6.07) is 0. The highest BCUT2D eigenvalue weighted by atomic mass is 16.5. The minimum atomic E-state index is 0.0113. The monoisotopic (exact) mass is 156 g/mol. The highest BCUT2D eigenvalue weighted by Gasteiger charge is 2.27. The van der Waals surface area contributed by atoms with E-state index in [1.54, 1.807) is 0 Å². The molecule has 1 fully saturated rings. The van der Waals surface area contributed by atoms with Gasteiger partial charge in [0.2, 0.25) is 0 Å². The topological polar surface area (TPSA) is 26.3 Å². The van der Waals surface area contributed by atoms with Crippen LogP contribution in [0.5, 0.6) is 0 Å². The SMILES string of the molecule is CCC1COC(=O)C(CC)C1. The fourth-order valence-electron chi connectivity index (χ4n) is 1.50. The number of ether oxygens (including phenoxy) is 1. The average molecular weight is 156 g/mol. The van der Waals surface area contributed by atoms with Gasteiger partial charge < -0.3 is 4.74 Å². The number of carbonyl (C=O) groups excluding carboxylic acids is 1. The maximum atomic E-state index is 11.1. The summed E-state index contributed by atoms with van der Waals surface area (Å²) in [5.41, 5.74) is 0. The first kappa shape index (κ1) is 8.57. The standard InChI is InChI=1S/C9H16O2/c1-3-7-5-8(4-2)9(10)11-6-7/h7-8H,3-6H2,1-2H3. The van der Waals surface area contributed by atoms with Crippen molar-refractivity contribution in [3.05, 3.63) is 0 Å². The van der Waals surface area contributed by atoms with Crippen molar-refractivity contribution < 1.29 is 9.53 Å². The fraction of sp³-hybridized carbons (Fsp3) is 0.889. The van der Waals surface area contributed by atoms with Crippen LogP contribution in [0, 0.1) is 11.8 Å². The highest BCUT2D eigenvalue weighted by molar-refractivity contribution is 5.73. The summed E-state index contributed by atoms with van der Waals surface area (Å²) in [6.45, 7) is 4.84. The van der Waals surface area contributed by atoms with Crippen molar-refractivity contribution >= 4 is 5.97 Å². The Morgan fingerprint density at radius 1 is 1.45 bits per heavy atom. The van der Waals surface area contributed by atoms with Crippen LogP contribution in [0.15, 0.2) is 0 Å². The predicted molar refractivity (Wildman–Crippen MR) is 43.1 cm³/mol. The largest absolute Gasteiger partial charge is 0.465 e. The Morgan fingerprint density at radius 3 is 2.73 bits per heavy atom. The lowest BCUT2D eigenvalue weighted by Gasteiger charge is -2.26. The zero-order valence-corrected chi connectivity index (χ0v) is 7.30. The summed E-state index contributed by atoms with van der Waals surface area (Å²) in [4.78, 5) is 11.1. The Kier molecular flexibility index (Phi) is 2.92. The Hall–Kier alpha value is -0.530. The van der Waals surface area contributed by atoms with Crippen molar-refractivity contribution in [2.75, 3.05) is 6.61 Å². The van der Waals surface area contributed by atoms with Gasteiger partial charge in [-0.05, 0) is 18.8 Å². The van der Waals surface area contributed by atoms with Gasteiger partial charge in [-0.2, -0.15) is 0 Å². The number of hydrogen-bond donors (Lipinski definition) is 0. The van der Waals surface area contributed by atoms with Gasteiger partial charge in [-0.1, -0.05) is 20.3 Å². The summed E-state index contributed by atoms with van der Waals surface area (Å²) >= 11 is 0. The van der Waals surface area contributed by atoms with E-state index in [1.165, 1.54) is 0 Å². The zero-order chi connectivity index (χ0) is 8.27. The maximum absolute atomic E-state index is 11.1. The summed E-state index contributed by atoms with van der Waals surface area (Å²) < 4.78 is 5.05. The van der Waals surface area contributed by atoms with Gasteiger partial charge in [-0.15, -0.1) is 0 Å². The van der Waals surface area contributed by atoms with Crippen LogP contribution in [0.3, 0.4) is 0 Å². The van der Waals surface area contributed by atoms with E-state index < -0.39 is 0 Å². The second kappa shape index (κ2) is 3.74. The molecule has 0 spiro atoms. The minimum absolute atomic E-state index is 0.0113. The fourth-order valence-corrected chi connectivity index (χ4v) is 1.50. The van der Waals surface area contributed by atoms with Crippen LogP contribution in [0.25, 0.3) is 0 Å². The van der Waals surface area contributed by atoms with Crippen LogP contribution in [-0.2, 0) is 9.53 Å². The molecule has 11 heavy (non-hydrogen) atoms. The Balaban J connectivity index is 2.44. The molecule has 64 valence electrons. The number of rotatable bonds is 2. The third kappa shape index (κ3) is 1.95. The molecule has 2 nitrogen and oxygen atoms in total. The van der Waals surface area contributed by atoms with Gasteiger partial charge in [0.15, 0.2) is 0 Å². The second-order valence-corrected chi connectivity index (χ2v) is 3.25. The molecule has 0 amide bonds. The molecule has 0 aromatic rings. The van der Waals surface area contributed by atoms with E-state index in [1.807, 2.05) is 6.92 Å². The molecular weight excluding hydrogens is 140 g/mol. The van der Waals surface area contributed by atoms with Crippen LogP contribution >= 0.6 is 0 Å². The van der Waals surface area contributed by atoms with Gasteiger partial charge in [-0.25, -0.2) is 0 Å². The van der Waals surface area contributed by atoms with E-state index in [-0.39, 0.29) is 11.9 Å². The van der Waals surface area contributed by atoms with Crippen molar-refractivity contribution in [1.29, 1.82) is 0 Å². The highest BCUT2D eigenvalue weighted by Crippen LogP contribution is 2.24. The lowest BCUT2D eigenvalue weighted by Crippen LogP contribution is -2.29. The van der Waals surface area contributed by atoms with Crippen LogP contribution in [0.4, 0.5) is 0 Å². The Morgan fingerprint density at radius 2 is 2.18 bits per heavy atom. The quantitative estimate of drug-likeness (QED) is 0.571. The molecule has 0 saturated carbocycles. The molecule has 1 heterocycles. The molecule has 2 unspecified atom stereocenters. The molecule has 1 rings (SSSR count). The second-order valence-electron chi connectivity index (χ2n) is 3.25. The molecule has 0 bridgehead atoms. The molecular formula is C9H16O2. The molecule has 1 aliphatic rings. The van der Waals surface area contributed by atoms with Crippen molar-refractivity contribution in [3.8, 4) is 0 Å². The third-order valence-corrected chi connectivity index (χ3v) is 2.48. The lowest BCUT2D eigenvalue weighted by atomic mass is 9.89. The normalized spacial score (nSPS) is 31.6. The van der Waals surface area contributed by atoms with Gasteiger partial charge >= 0.3 is 5.97 Å². The van der Waals surface area contributed by atoms with Gasteiger partial charge in [-0.3, -0.25) is 4.79 Å². The third-order valence-electron chi connectivity index (χ3n) is 2.48. The van der Waals surface area contributed by atoms with Gasteiger partial charge in [0.05, 0.1) is 12.5 Å². The number of carbonyl (C=O) groups is 1. The first-order valence-corrected chi connectivity index (χ1v) is 4.44. The number of esters is 1. The van der Waals surface area contributed by atoms with Gasteiger partial charge in [0.1, 0.15) is 0 Å². The molecule has 0 aliphatic carbocycles. The first-order valence-electron chi connectivity index (χ1n) is 4.44. The molecule has 0 N–H and O–H groups in total. The zero-order valence-electron chi connectivity index (χ0n) is 7.30. The maximum Gasteiger partial charge on any atom is 0.308 e. The van der Waals surface area contributed by atoms with Crippen LogP contribution in [0.2, 0.25) is 0 Å². The number of hydrogen-bond acceptors (Lipinski definition) is 2. The molecule has 0 aromatic carbocycles. The van der Waals surface area contributed by atoms with Crippen molar-refractivity contribution in [1.82, 2.24) is 0 Å². The first-order chi connectivity index (χ1) is 5.27. The average Bonchev–Trinajstić information content (AvgIpc) is 2.05. The van der Waals surface area contributed by atoms with E-state index in [0.717, 1.165) is 19.3 Å². The van der Waals surface area contributed by atoms with E-state index in [4.69, 9.17) is 4.74 Å². The summed E-state index contributed by atoms with van der Waals surface area (Å²) in [7, 11) is 0.